The summed E-state index contributed by atoms with van der Waals surface area (Å²) in [5.74, 6) is 0.665. The van der Waals surface area contributed by atoms with Crippen LogP contribution in [0.15, 0.2) is 78.9 Å². The molecule has 0 unspecified atom stereocenters. The highest BCUT2D eigenvalue weighted by Gasteiger charge is 2.04. The topological polar surface area (TPSA) is 67.4 Å². The van der Waals surface area contributed by atoms with Crippen molar-refractivity contribution in [3.8, 4) is 5.75 Å². The molecule has 5 nitrogen and oxygen atoms in total. The molecule has 0 bridgehead atoms. The minimum Gasteiger partial charge on any atom is -0.494 e. The van der Waals surface area contributed by atoms with Crippen molar-refractivity contribution in [2.24, 2.45) is 0 Å². The Balaban J connectivity index is 1.38. The van der Waals surface area contributed by atoms with Crippen LogP contribution in [-0.4, -0.2) is 18.3 Å². The lowest BCUT2D eigenvalue weighted by Gasteiger charge is -2.09. The number of Topliss-reactive ketones (excluding diaryl/α,β-unsaturated/α-hetero) is 1. The molecule has 3 rings (SSSR count). The SMILES string of the molecule is CC(=O)c1ccc(OCCCC(=O)Nc2ccc(Nc3ccccc3)cc2)cc1. The third-order valence-corrected chi connectivity index (χ3v) is 4.31. The average Bonchev–Trinajstić information content (AvgIpc) is 2.74. The lowest BCUT2D eigenvalue weighted by atomic mass is 10.1. The lowest BCUT2D eigenvalue weighted by Crippen LogP contribution is -2.12. The number of hydrogen-bond acceptors (Lipinski definition) is 4. The molecule has 0 aliphatic carbocycles. The predicted molar refractivity (Wildman–Crippen MR) is 116 cm³/mol. The molecule has 1 amide bonds. The van der Waals surface area contributed by atoms with E-state index in [-0.39, 0.29) is 11.7 Å². The van der Waals surface area contributed by atoms with Crippen LogP contribution in [-0.2, 0) is 4.79 Å². The van der Waals surface area contributed by atoms with E-state index in [1.165, 1.54) is 6.92 Å². The number of nitrogens with one attached hydrogen (secondary N) is 2. The maximum atomic E-state index is 12.1. The number of anilines is 3. The van der Waals surface area contributed by atoms with Gasteiger partial charge in [-0.05, 0) is 74.0 Å². The third kappa shape index (κ3) is 6.50. The molecule has 0 aromatic heterocycles. The molecule has 148 valence electrons. The summed E-state index contributed by atoms with van der Waals surface area (Å²) in [7, 11) is 0. The molecule has 0 saturated carbocycles. The highest BCUT2D eigenvalue weighted by Crippen LogP contribution is 2.19. The second-order valence-corrected chi connectivity index (χ2v) is 6.65. The van der Waals surface area contributed by atoms with Gasteiger partial charge in [0.1, 0.15) is 5.75 Å². The normalized spacial score (nSPS) is 10.2. The fourth-order valence-corrected chi connectivity index (χ4v) is 2.76. The van der Waals surface area contributed by atoms with Crippen molar-refractivity contribution < 1.29 is 14.3 Å². The average molecular weight is 388 g/mol. The second kappa shape index (κ2) is 10.1. The fourth-order valence-electron chi connectivity index (χ4n) is 2.76. The van der Waals surface area contributed by atoms with E-state index in [9.17, 15) is 9.59 Å². The van der Waals surface area contributed by atoms with Gasteiger partial charge in [0, 0.05) is 29.0 Å². The molecule has 3 aromatic carbocycles. The molecule has 0 radical (unpaired) electrons. The zero-order valence-electron chi connectivity index (χ0n) is 16.4. The van der Waals surface area contributed by atoms with E-state index in [1.807, 2.05) is 54.6 Å². The molecule has 29 heavy (non-hydrogen) atoms. The number of carbonyl (C=O) groups excluding carboxylic acids is 2. The Kier molecular flexibility index (Phi) is 7.00. The highest BCUT2D eigenvalue weighted by atomic mass is 16.5. The highest BCUT2D eigenvalue weighted by molar-refractivity contribution is 5.94. The molecule has 2 N–H and O–H groups in total. The van der Waals surface area contributed by atoms with Gasteiger partial charge in [-0.3, -0.25) is 9.59 Å². The second-order valence-electron chi connectivity index (χ2n) is 6.65. The van der Waals surface area contributed by atoms with Gasteiger partial charge in [0.2, 0.25) is 5.91 Å². The van der Waals surface area contributed by atoms with E-state index >= 15 is 0 Å². The van der Waals surface area contributed by atoms with Crippen molar-refractivity contribution in [3.05, 3.63) is 84.4 Å². The van der Waals surface area contributed by atoms with Gasteiger partial charge in [0.15, 0.2) is 5.78 Å². The first kappa shape index (κ1) is 20.1. The minimum absolute atomic E-state index is 0.0251. The van der Waals surface area contributed by atoms with Crippen LogP contribution in [0.2, 0.25) is 0 Å². The maximum absolute atomic E-state index is 12.1. The Bertz CT molecular complexity index is 936. The molecule has 0 heterocycles. The number of benzene rings is 3. The first-order valence-corrected chi connectivity index (χ1v) is 9.56. The summed E-state index contributed by atoms with van der Waals surface area (Å²) < 4.78 is 5.61. The monoisotopic (exact) mass is 388 g/mol. The van der Waals surface area contributed by atoms with E-state index in [0.717, 1.165) is 17.1 Å². The van der Waals surface area contributed by atoms with Gasteiger partial charge < -0.3 is 15.4 Å². The smallest absolute Gasteiger partial charge is 0.224 e. The molecular formula is C24H24N2O3. The molecule has 0 fully saturated rings. The van der Waals surface area contributed by atoms with E-state index in [2.05, 4.69) is 10.6 Å². The summed E-state index contributed by atoms with van der Waals surface area (Å²) in [6, 6.07) is 24.5. The number of carbonyl (C=O) groups is 2. The Morgan fingerprint density at radius 2 is 1.41 bits per heavy atom. The number of amides is 1. The number of hydrogen-bond donors (Lipinski definition) is 2. The predicted octanol–water partition coefficient (Wildman–Crippen LogP) is 5.43. The summed E-state index contributed by atoms with van der Waals surface area (Å²) in [5, 5.41) is 6.20. The van der Waals surface area contributed by atoms with E-state index < -0.39 is 0 Å². The summed E-state index contributed by atoms with van der Waals surface area (Å²) in [6.07, 6.45) is 0.976. The van der Waals surface area contributed by atoms with Crippen molar-refractivity contribution in [1.29, 1.82) is 0 Å². The number of rotatable bonds is 9. The van der Waals surface area contributed by atoms with Crippen molar-refractivity contribution >= 4 is 28.8 Å². The van der Waals surface area contributed by atoms with Crippen molar-refractivity contribution in [2.45, 2.75) is 19.8 Å². The Hall–Kier alpha value is -3.60. The van der Waals surface area contributed by atoms with Crippen molar-refractivity contribution in [3.63, 3.8) is 0 Å². The summed E-state index contributed by atoms with van der Waals surface area (Å²) in [4.78, 5) is 23.4. The first-order chi connectivity index (χ1) is 14.1. The van der Waals surface area contributed by atoms with Crippen molar-refractivity contribution in [1.82, 2.24) is 0 Å². The largest absolute Gasteiger partial charge is 0.494 e. The van der Waals surface area contributed by atoms with Gasteiger partial charge in [0.05, 0.1) is 6.61 Å². The molecule has 5 heteroatoms. The standard InChI is InChI=1S/C24H24N2O3/c1-18(27)19-9-15-23(16-10-19)29-17-5-8-24(28)26-22-13-11-21(12-14-22)25-20-6-3-2-4-7-20/h2-4,6-7,9-16,25H,5,8,17H2,1H3,(H,26,28). The summed E-state index contributed by atoms with van der Waals surface area (Å²) in [5.41, 5.74) is 3.38. The van der Waals surface area contributed by atoms with Gasteiger partial charge in [0.25, 0.3) is 0 Å². The van der Waals surface area contributed by atoms with Crippen LogP contribution in [0.4, 0.5) is 17.1 Å². The van der Waals surface area contributed by atoms with E-state index in [4.69, 9.17) is 4.74 Å². The Labute approximate surface area is 170 Å². The van der Waals surface area contributed by atoms with Crippen LogP contribution in [0.1, 0.15) is 30.1 Å². The molecule has 0 atom stereocenters. The van der Waals surface area contributed by atoms with Crippen LogP contribution in [0, 0.1) is 0 Å². The quantitative estimate of drug-likeness (QED) is 0.379. The number of ether oxygens (including phenoxy) is 1. The van der Waals surface area contributed by atoms with Gasteiger partial charge in [-0.25, -0.2) is 0 Å². The first-order valence-electron chi connectivity index (χ1n) is 9.56. The third-order valence-electron chi connectivity index (χ3n) is 4.31. The fraction of sp³-hybridized carbons (Fsp3) is 0.167. The zero-order valence-corrected chi connectivity index (χ0v) is 16.4. The maximum Gasteiger partial charge on any atom is 0.224 e. The number of para-hydroxylation sites is 1. The molecular weight excluding hydrogens is 364 g/mol. The molecule has 0 saturated heterocycles. The van der Waals surface area contributed by atoms with E-state index in [0.29, 0.717) is 30.8 Å². The van der Waals surface area contributed by atoms with Crippen LogP contribution in [0.5, 0.6) is 5.75 Å². The molecule has 0 aliphatic heterocycles. The minimum atomic E-state index is -0.0516. The molecule has 0 spiro atoms. The Morgan fingerprint density at radius 3 is 2.07 bits per heavy atom. The van der Waals surface area contributed by atoms with Gasteiger partial charge in [-0.2, -0.15) is 0 Å². The van der Waals surface area contributed by atoms with Crippen LogP contribution >= 0.6 is 0 Å². The van der Waals surface area contributed by atoms with Crippen molar-refractivity contribution in [2.75, 3.05) is 17.2 Å². The lowest BCUT2D eigenvalue weighted by molar-refractivity contribution is -0.116. The molecule has 3 aromatic rings. The van der Waals surface area contributed by atoms with Crippen LogP contribution < -0.4 is 15.4 Å². The van der Waals surface area contributed by atoms with Crippen LogP contribution in [0.3, 0.4) is 0 Å². The van der Waals surface area contributed by atoms with Gasteiger partial charge in [-0.15, -0.1) is 0 Å². The van der Waals surface area contributed by atoms with E-state index in [1.54, 1.807) is 24.3 Å². The van der Waals surface area contributed by atoms with Crippen LogP contribution in [0.25, 0.3) is 0 Å². The van der Waals surface area contributed by atoms with Gasteiger partial charge in [-0.1, -0.05) is 18.2 Å². The Morgan fingerprint density at radius 1 is 0.793 bits per heavy atom. The summed E-state index contributed by atoms with van der Waals surface area (Å²) in [6.45, 7) is 1.97. The molecule has 0 aliphatic rings. The van der Waals surface area contributed by atoms with Gasteiger partial charge >= 0.3 is 0 Å². The zero-order chi connectivity index (χ0) is 20.5. The summed E-state index contributed by atoms with van der Waals surface area (Å²) >= 11 is 0. The number of ketones is 1.